The normalized spacial score (nSPS) is 11.6. The highest BCUT2D eigenvalue weighted by molar-refractivity contribution is 6.21. The second-order valence-electron chi connectivity index (χ2n) is 13.0. The molecule has 234 valence electrons. The maximum absolute atomic E-state index is 2.43. The van der Waals surface area contributed by atoms with Gasteiger partial charge in [0, 0.05) is 27.8 Å². The number of anilines is 3. The zero-order valence-corrected chi connectivity index (χ0v) is 27.4. The molecule has 0 spiro atoms. The Bertz CT molecular complexity index is 2850. The Hall–Kier alpha value is -6.64. The van der Waals surface area contributed by atoms with Gasteiger partial charge in [-0.2, -0.15) is 0 Å². The summed E-state index contributed by atoms with van der Waals surface area (Å²) >= 11 is 0. The lowest BCUT2D eigenvalue weighted by Crippen LogP contribution is -2.11. The van der Waals surface area contributed by atoms with E-state index in [0.717, 1.165) is 22.7 Å². The van der Waals surface area contributed by atoms with E-state index in [4.69, 9.17) is 0 Å². The van der Waals surface area contributed by atoms with Gasteiger partial charge in [-0.25, -0.2) is 0 Å². The van der Waals surface area contributed by atoms with Crippen molar-refractivity contribution in [2.75, 3.05) is 4.90 Å². The lowest BCUT2D eigenvalue weighted by Gasteiger charge is -2.28. The van der Waals surface area contributed by atoms with Gasteiger partial charge in [0.15, 0.2) is 0 Å². The summed E-state index contributed by atoms with van der Waals surface area (Å²) in [6, 6.07) is 70.5. The van der Waals surface area contributed by atoms with E-state index in [2.05, 4.69) is 204 Å². The molecular weight excluding hydrogens is 605 g/mol. The van der Waals surface area contributed by atoms with E-state index in [1.54, 1.807) is 0 Å². The van der Waals surface area contributed by atoms with Gasteiger partial charge in [0.25, 0.3) is 0 Å². The largest absolute Gasteiger partial charge is 0.308 e. The Kier molecular flexibility index (Phi) is 6.53. The molecule has 0 radical (unpaired) electrons. The van der Waals surface area contributed by atoms with Crippen LogP contribution in [0.1, 0.15) is 0 Å². The third kappa shape index (κ3) is 4.50. The SMILES string of the molecule is c1ccc(-c2ccc(N(c3ccc4c(ccc5ccc6ccccc6c54)c3)c3cccc4c5ccccc5n(-c5ccccc5)c34)cc2)cc1. The summed E-state index contributed by atoms with van der Waals surface area (Å²) in [6.07, 6.45) is 0. The van der Waals surface area contributed by atoms with E-state index < -0.39 is 0 Å². The van der Waals surface area contributed by atoms with Crippen molar-refractivity contribution in [1.82, 2.24) is 4.57 Å². The minimum absolute atomic E-state index is 1.10. The number of aromatic nitrogens is 1. The lowest BCUT2D eigenvalue weighted by molar-refractivity contribution is 1.17. The standard InChI is InChI=1S/C48H32N2/c1-3-12-33(13-4-1)34-26-28-39(29-27-34)49(40-30-31-42-37(32-40)25-24-36-23-22-35-14-7-8-17-41(35)47(36)42)46-21-11-19-44-43-18-9-10-20-45(43)50(48(44)46)38-15-5-2-6-16-38/h1-32H. The van der Waals surface area contributed by atoms with Gasteiger partial charge in [-0.1, -0.05) is 146 Å². The molecule has 0 bridgehead atoms. The molecule has 9 aromatic carbocycles. The average Bonchev–Trinajstić information content (AvgIpc) is 3.54. The number of benzene rings is 9. The highest BCUT2D eigenvalue weighted by Gasteiger charge is 2.22. The van der Waals surface area contributed by atoms with Crippen LogP contribution in [0.4, 0.5) is 17.1 Å². The van der Waals surface area contributed by atoms with Gasteiger partial charge in [-0.3, -0.25) is 0 Å². The van der Waals surface area contributed by atoms with Crippen molar-refractivity contribution in [2.24, 2.45) is 0 Å². The predicted molar refractivity (Wildman–Crippen MR) is 213 cm³/mol. The van der Waals surface area contributed by atoms with Crippen molar-refractivity contribution in [2.45, 2.75) is 0 Å². The van der Waals surface area contributed by atoms with Gasteiger partial charge < -0.3 is 9.47 Å². The first-order valence-electron chi connectivity index (χ1n) is 17.2. The smallest absolute Gasteiger partial charge is 0.0782 e. The predicted octanol–water partition coefficient (Wildman–Crippen LogP) is 13.4. The number of hydrogen-bond acceptors (Lipinski definition) is 1. The maximum atomic E-state index is 2.43. The first-order chi connectivity index (χ1) is 24.8. The van der Waals surface area contributed by atoms with E-state index in [9.17, 15) is 0 Å². The zero-order valence-electron chi connectivity index (χ0n) is 27.4. The molecule has 50 heavy (non-hydrogen) atoms. The number of fused-ring (bicyclic) bond motifs is 8. The number of hydrogen-bond donors (Lipinski definition) is 0. The molecule has 0 aliphatic rings. The van der Waals surface area contributed by atoms with E-state index in [1.807, 2.05) is 0 Å². The molecule has 0 aliphatic heterocycles. The summed E-state index contributed by atoms with van der Waals surface area (Å²) in [4.78, 5) is 2.43. The second kappa shape index (κ2) is 11.5. The Morgan fingerprint density at radius 2 is 0.960 bits per heavy atom. The molecule has 0 fully saturated rings. The van der Waals surface area contributed by atoms with Crippen molar-refractivity contribution in [3.05, 3.63) is 194 Å². The van der Waals surface area contributed by atoms with Crippen LogP contribution in [0.25, 0.3) is 70.9 Å². The Morgan fingerprint density at radius 1 is 0.360 bits per heavy atom. The highest BCUT2D eigenvalue weighted by Crippen LogP contribution is 2.45. The Labute approximate surface area is 290 Å². The quantitative estimate of drug-likeness (QED) is 0.171. The van der Waals surface area contributed by atoms with Crippen LogP contribution in [0.2, 0.25) is 0 Å². The monoisotopic (exact) mass is 636 g/mol. The second-order valence-corrected chi connectivity index (χ2v) is 13.0. The minimum atomic E-state index is 1.10. The van der Waals surface area contributed by atoms with E-state index >= 15 is 0 Å². The van der Waals surface area contributed by atoms with Crippen molar-refractivity contribution >= 4 is 71.2 Å². The molecule has 0 saturated heterocycles. The van der Waals surface area contributed by atoms with Crippen LogP contribution in [0.5, 0.6) is 0 Å². The van der Waals surface area contributed by atoms with Crippen molar-refractivity contribution in [1.29, 1.82) is 0 Å². The van der Waals surface area contributed by atoms with Crippen LogP contribution in [0.3, 0.4) is 0 Å². The van der Waals surface area contributed by atoms with Crippen LogP contribution >= 0.6 is 0 Å². The molecule has 10 rings (SSSR count). The van der Waals surface area contributed by atoms with Gasteiger partial charge in [-0.05, 0) is 92.0 Å². The van der Waals surface area contributed by atoms with Crippen LogP contribution in [0, 0.1) is 0 Å². The fraction of sp³-hybridized carbons (Fsp3) is 0. The van der Waals surface area contributed by atoms with Crippen LogP contribution in [-0.4, -0.2) is 4.57 Å². The Morgan fingerprint density at radius 3 is 1.78 bits per heavy atom. The molecular formula is C48H32N2. The van der Waals surface area contributed by atoms with Crippen molar-refractivity contribution in [3.8, 4) is 16.8 Å². The van der Waals surface area contributed by atoms with Crippen LogP contribution in [-0.2, 0) is 0 Å². The Balaban J connectivity index is 1.25. The lowest BCUT2D eigenvalue weighted by atomic mass is 9.96. The summed E-state index contributed by atoms with van der Waals surface area (Å²) in [5.41, 5.74) is 9.26. The van der Waals surface area contributed by atoms with E-state index in [1.165, 1.54) is 65.3 Å². The number of para-hydroxylation sites is 3. The van der Waals surface area contributed by atoms with E-state index in [0.29, 0.717) is 0 Å². The average molecular weight is 637 g/mol. The molecule has 2 nitrogen and oxygen atoms in total. The zero-order chi connectivity index (χ0) is 33.0. The maximum Gasteiger partial charge on any atom is 0.0782 e. The van der Waals surface area contributed by atoms with Crippen molar-refractivity contribution in [3.63, 3.8) is 0 Å². The third-order valence-corrected chi connectivity index (χ3v) is 10.1. The first-order valence-corrected chi connectivity index (χ1v) is 17.2. The molecule has 0 unspecified atom stereocenters. The van der Waals surface area contributed by atoms with Crippen LogP contribution in [0.15, 0.2) is 194 Å². The molecule has 0 atom stereocenters. The summed E-state index contributed by atoms with van der Waals surface area (Å²) in [5, 5.41) is 10.1. The summed E-state index contributed by atoms with van der Waals surface area (Å²) in [7, 11) is 0. The van der Waals surface area contributed by atoms with Gasteiger partial charge in [0.05, 0.1) is 16.7 Å². The highest BCUT2D eigenvalue weighted by atomic mass is 15.2. The van der Waals surface area contributed by atoms with Gasteiger partial charge >= 0.3 is 0 Å². The number of nitrogens with zero attached hydrogens (tertiary/aromatic N) is 2. The molecule has 0 amide bonds. The van der Waals surface area contributed by atoms with E-state index in [-0.39, 0.29) is 0 Å². The molecule has 1 heterocycles. The summed E-state index contributed by atoms with van der Waals surface area (Å²) < 4.78 is 2.42. The third-order valence-electron chi connectivity index (χ3n) is 10.1. The van der Waals surface area contributed by atoms with Gasteiger partial charge in [0.2, 0.25) is 0 Å². The fourth-order valence-corrected chi connectivity index (χ4v) is 7.85. The molecule has 1 aromatic heterocycles. The fourth-order valence-electron chi connectivity index (χ4n) is 7.85. The summed E-state index contributed by atoms with van der Waals surface area (Å²) in [5.74, 6) is 0. The minimum Gasteiger partial charge on any atom is -0.308 e. The first kappa shape index (κ1) is 28.4. The molecule has 0 N–H and O–H groups in total. The van der Waals surface area contributed by atoms with Crippen molar-refractivity contribution < 1.29 is 0 Å². The van der Waals surface area contributed by atoms with Crippen LogP contribution < -0.4 is 4.90 Å². The van der Waals surface area contributed by atoms with Gasteiger partial charge in [0.1, 0.15) is 0 Å². The molecule has 0 saturated carbocycles. The van der Waals surface area contributed by atoms with Gasteiger partial charge in [-0.15, -0.1) is 0 Å². The topological polar surface area (TPSA) is 8.17 Å². The molecule has 2 heteroatoms. The molecule has 10 aromatic rings. The molecule has 0 aliphatic carbocycles. The summed E-state index contributed by atoms with van der Waals surface area (Å²) in [6.45, 7) is 0. The number of rotatable bonds is 5.